The number of hydrogen-bond acceptors (Lipinski definition) is 4. The van der Waals surface area contributed by atoms with Gasteiger partial charge in [0.1, 0.15) is 0 Å². The largest absolute Gasteiger partial charge is 0.370 e. The maximum absolute atomic E-state index is 12.2. The Labute approximate surface area is 127 Å². The minimum atomic E-state index is 0.00229. The summed E-state index contributed by atoms with van der Waals surface area (Å²) in [4.78, 5) is 14.5. The molecule has 0 aromatic carbocycles. The molecule has 0 aliphatic carbocycles. The number of nitrogens with zero attached hydrogens (tertiary/aromatic N) is 3. The average molecular weight is 292 g/mol. The SMILES string of the molecule is CCCC(Cn1ncc(N2CCC(C)CC2)cc1=O)NC. The van der Waals surface area contributed by atoms with Gasteiger partial charge in [-0.25, -0.2) is 4.68 Å². The van der Waals surface area contributed by atoms with Gasteiger partial charge in [-0.15, -0.1) is 0 Å². The van der Waals surface area contributed by atoms with Crippen LogP contribution in [0.1, 0.15) is 39.5 Å². The summed E-state index contributed by atoms with van der Waals surface area (Å²) in [7, 11) is 1.94. The zero-order valence-electron chi connectivity index (χ0n) is 13.5. The predicted octanol–water partition coefficient (Wildman–Crippen LogP) is 1.87. The maximum Gasteiger partial charge on any atom is 0.268 e. The van der Waals surface area contributed by atoms with E-state index >= 15 is 0 Å². The van der Waals surface area contributed by atoms with E-state index in [1.807, 2.05) is 13.2 Å². The Kier molecular flexibility index (Phi) is 5.79. The van der Waals surface area contributed by atoms with Gasteiger partial charge >= 0.3 is 0 Å². The summed E-state index contributed by atoms with van der Waals surface area (Å²) in [5, 5.41) is 7.62. The lowest BCUT2D eigenvalue weighted by Crippen LogP contribution is -2.37. The van der Waals surface area contributed by atoms with Crippen molar-refractivity contribution >= 4 is 5.69 Å². The lowest BCUT2D eigenvalue weighted by atomic mass is 9.99. The number of likely N-dealkylation sites (N-methyl/N-ethyl adjacent to an activating group) is 1. The third-order valence-electron chi connectivity index (χ3n) is 4.44. The Morgan fingerprint density at radius 2 is 2.14 bits per heavy atom. The van der Waals surface area contributed by atoms with Crippen LogP contribution in [-0.2, 0) is 6.54 Å². The number of anilines is 1. The van der Waals surface area contributed by atoms with E-state index in [4.69, 9.17) is 0 Å². The van der Waals surface area contributed by atoms with Crippen molar-refractivity contribution in [2.45, 2.75) is 52.1 Å². The van der Waals surface area contributed by atoms with Crippen LogP contribution in [0.3, 0.4) is 0 Å². The van der Waals surface area contributed by atoms with E-state index in [1.54, 1.807) is 10.7 Å². The molecule has 1 fully saturated rings. The molecule has 1 aromatic heterocycles. The molecule has 118 valence electrons. The Morgan fingerprint density at radius 1 is 1.43 bits per heavy atom. The highest BCUT2D eigenvalue weighted by atomic mass is 16.1. The predicted molar refractivity (Wildman–Crippen MR) is 86.9 cm³/mol. The van der Waals surface area contributed by atoms with Crippen molar-refractivity contribution in [3.8, 4) is 0 Å². The highest BCUT2D eigenvalue weighted by molar-refractivity contribution is 5.43. The van der Waals surface area contributed by atoms with E-state index < -0.39 is 0 Å². The van der Waals surface area contributed by atoms with Gasteiger partial charge in [-0.2, -0.15) is 5.10 Å². The normalized spacial score (nSPS) is 18.0. The third kappa shape index (κ3) is 4.30. The molecule has 2 rings (SSSR count). The number of hydrogen-bond donors (Lipinski definition) is 1. The van der Waals surface area contributed by atoms with Crippen LogP contribution in [0.25, 0.3) is 0 Å². The van der Waals surface area contributed by atoms with Crippen LogP contribution in [0.15, 0.2) is 17.1 Å². The van der Waals surface area contributed by atoms with Crippen molar-refractivity contribution < 1.29 is 0 Å². The Hall–Kier alpha value is -1.36. The average Bonchev–Trinajstić information content (AvgIpc) is 2.49. The molecular weight excluding hydrogens is 264 g/mol. The molecule has 0 spiro atoms. The van der Waals surface area contributed by atoms with Crippen LogP contribution in [0.2, 0.25) is 0 Å². The summed E-state index contributed by atoms with van der Waals surface area (Å²) >= 11 is 0. The molecule has 1 aromatic rings. The van der Waals surface area contributed by atoms with Crippen LogP contribution >= 0.6 is 0 Å². The quantitative estimate of drug-likeness (QED) is 0.869. The van der Waals surface area contributed by atoms with Crippen molar-refractivity contribution in [3.05, 3.63) is 22.6 Å². The van der Waals surface area contributed by atoms with Crippen molar-refractivity contribution in [1.82, 2.24) is 15.1 Å². The molecule has 1 aliphatic rings. The van der Waals surface area contributed by atoms with Gasteiger partial charge < -0.3 is 10.2 Å². The molecule has 1 saturated heterocycles. The molecule has 5 nitrogen and oxygen atoms in total. The topological polar surface area (TPSA) is 50.2 Å². The molecule has 0 amide bonds. The van der Waals surface area contributed by atoms with Gasteiger partial charge in [-0.05, 0) is 32.2 Å². The number of piperidine rings is 1. The highest BCUT2D eigenvalue weighted by Gasteiger charge is 2.17. The summed E-state index contributed by atoms with van der Waals surface area (Å²) < 4.78 is 1.58. The first-order valence-electron chi connectivity index (χ1n) is 8.13. The smallest absolute Gasteiger partial charge is 0.268 e. The zero-order valence-corrected chi connectivity index (χ0v) is 13.5. The molecule has 0 saturated carbocycles. The monoisotopic (exact) mass is 292 g/mol. The first-order valence-corrected chi connectivity index (χ1v) is 8.13. The van der Waals surface area contributed by atoms with Crippen LogP contribution in [0, 0.1) is 5.92 Å². The number of rotatable bonds is 6. The summed E-state index contributed by atoms with van der Waals surface area (Å²) in [6.07, 6.45) is 6.39. The van der Waals surface area contributed by atoms with E-state index in [2.05, 4.69) is 29.2 Å². The maximum atomic E-state index is 12.2. The van der Waals surface area contributed by atoms with Gasteiger partial charge in [0.15, 0.2) is 0 Å². The van der Waals surface area contributed by atoms with Gasteiger partial charge in [0.05, 0.1) is 18.4 Å². The molecule has 0 bridgehead atoms. The Morgan fingerprint density at radius 3 is 2.71 bits per heavy atom. The van der Waals surface area contributed by atoms with Crippen LogP contribution in [0.4, 0.5) is 5.69 Å². The molecule has 1 unspecified atom stereocenters. The minimum Gasteiger partial charge on any atom is -0.370 e. The molecule has 1 atom stereocenters. The second kappa shape index (κ2) is 7.59. The standard InChI is InChI=1S/C16H28N4O/c1-4-5-14(17-3)12-20-16(21)10-15(11-18-20)19-8-6-13(2)7-9-19/h10-11,13-14,17H,4-9,12H2,1-3H3. The molecule has 0 radical (unpaired) electrons. The highest BCUT2D eigenvalue weighted by Crippen LogP contribution is 2.20. The van der Waals surface area contributed by atoms with Crippen molar-refractivity contribution in [1.29, 1.82) is 0 Å². The van der Waals surface area contributed by atoms with Gasteiger partial charge in [-0.1, -0.05) is 20.3 Å². The molecule has 1 aliphatic heterocycles. The fraction of sp³-hybridized carbons (Fsp3) is 0.750. The number of aromatic nitrogens is 2. The fourth-order valence-corrected chi connectivity index (χ4v) is 2.88. The van der Waals surface area contributed by atoms with Gasteiger partial charge in [0.2, 0.25) is 0 Å². The molecule has 1 N–H and O–H groups in total. The van der Waals surface area contributed by atoms with Crippen LogP contribution < -0.4 is 15.8 Å². The van der Waals surface area contributed by atoms with Gasteiger partial charge in [-0.3, -0.25) is 4.79 Å². The van der Waals surface area contributed by atoms with Gasteiger partial charge in [0.25, 0.3) is 5.56 Å². The molecular formula is C16H28N4O. The Balaban J connectivity index is 2.05. The van der Waals surface area contributed by atoms with E-state index in [0.29, 0.717) is 12.6 Å². The third-order valence-corrected chi connectivity index (χ3v) is 4.44. The molecule has 5 heteroatoms. The lowest BCUT2D eigenvalue weighted by Gasteiger charge is -2.31. The summed E-state index contributed by atoms with van der Waals surface area (Å²) in [5.74, 6) is 0.792. The van der Waals surface area contributed by atoms with Crippen molar-refractivity contribution in [3.63, 3.8) is 0 Å². The minimum absolute atomic E-state index is 0.00229. The summed E-state index contributed by atoms with van der Waals surface area (Å²) in [6.45, 7) is 7.14. The van der Waals surface area contributed by atoms with E-state index in [-0.39, 0.29) is 5.56 Å². The lowest BCUT2D eigenvalue weighted by molar-refractivity contribution is 0.412. The van der Waals surface area contributed by atoms with Crippen LogP contribution in [0.5, 0.6) is 0 Å². The molecule has 2 heterocycles. The van der Waals surface area contributed by atoms with Crippen molar-refractivity contribution in [2.24, 2.45) is 5.92 Å². The fourth-order valence-electron chi connectivity index (χ4n) is 2.88. The van der Waals surface area contributed by atoms with E-state index in [0.717, 1.165) is 37.5 Å². The summed E-state index contributed by atoms with van der Waals surface area (Å²) in [5.41, 5.74) is 0.974. The first kappa shape index (κ1) is 16.0. The number of nitrogens with one attached hydrogen (secondary N) is 1. The van der Waals surface area contributed by atoms with Gasteiger partial charge in [0, 0.05) is 25.2 Å². The zero-order chi connectivity index (χ0) is 15.2. The Bertz CT molecular complexity index is 491. The second-order valence-corrected chi connectivity index (χ2v) is 6.18. The first-order chi connectivity index (χ1) is 10.1. The summed E-state index contributed by atoms with van der Waals surface area (Å²) in [6, 6.07) is 2.05. The van der Waals surface area contributed by atoms with Crippen LogP contribution in [-0.4, -0.2) is 36.0 Å². The van der Waals surface area contributed by atoms with E-state index in [9.17, 15) is 4.79 Å². The van der Waals surface area contributed by atoms with E-state index in [1.165, 1.54) is 12.8 Å². The molecule has 21 heavy (non-hydrogen) atoms. The van der Waals surface area contributed by atoms with Crippen molar-refractivity contribution in [2.75, 3.05) is 25.0 Å². The second-order valence-electron chi connectivity index (χ2n) is 6.18.